The lowest BCUT2D eigenvalue weighted by Gasteiger charge is -2.12. The van der Waals surface area contributed by atoms with E-state index >= 15 is 0 Å². The topological polar surface area (TPSA) is 41.6 Å². The summed E-state index contributed by atoms with van der Waals surface area (Å²) in [5.41, 5.74) is -0.472. The quantitative estimate of drug-likeness (QED) is 0.774. The lowest BCUT2D eigenvalue weighted by Crippen LogP contribution is -2.07. The Kier molecular flexibility index (Phi) is 3.56. The average Bonchev–Trinajstić information content (AvgIpc) is 2.75. The molecule has 0 radical (unpaired) electrons. The van der Waals surface area contributed by atoms with Crippen LogP contribution in [-0.2, 0) is 6.18 Å². The van der Waals surface area contributed by atoms with Gasteiger partial charge < -0.3 is 0 Å². The molecule has 0 N–H and O–H groups in total. The molecule has 0 amide bonds. The highest BCUT2D eigenvalue weighted by atomic mass is 79.9. The number of rotatable bonds is 1. The Morgan fingerprint density at radius 2 is 2.05 bits per heavy atom. The summed E-state index contributed by atoms with van der Waals surface area (Å²) in [4.78, 5) is 0. The van der Waals surface area contributed by atoms with Crippen LogP contribution in [0.2, 0.25) is 5.02 Å². The van der Waals surface area contributed by atoms with Crippen molar-refractivity contribution in [2.45, 2.75) is 6.18 Å². The highest BCUT2D eigenvalue weighted by Crippen LogP contribution is 2.37. The summed E-state index contributed by atoms with van der Waals surface area (Å²) in [5, 5.41) is 12.4. The molecule has 0 unspecified atom stereocenters. The number of hydrogen-bond acceptors (Lipinski definition) is 2. The average molecular weight is 351 g/mol. The van der Waals surface area contributed by atoms with Gasteiger partial charge in [0.2, 0.25) is 0 Å². The fourth-order valence-electron chi connectivity index (χ4n) is 1.46. The molecule has 1 aromatic carbocycles. The number of alkyl halides is 3. The van der Waals surface area contributed by atoms with Crippen LogP contribution in [0.1, 0.15) is 11.3 Å². The highest BCUT2D eigenvalue weighted by Gasteiger charge is 2.32. The van der Waals surface area contributed by atoms with Gasteiger partial charge in [0.25, 0.3) is 0 Å². The molecule has 98 valence electrons. The van der Waals surface area contributed by atoms with Crippen LogP contribution in [0.15, 0.2) is 28.9 Å². The van der Waals surface area contributed by atoms with Gasteiger partial charge >= 0.3 is 6.18 Å². The van der Waals surface area contributed by atoms with E-state index in [1.165, 1.54) is 16.9 Å². The maximum Gasteiger partial charge on any atom is 0.416 e. The first-order chi connectivity index (χ1) is 8.82. The van der Waals surface area contributed by atoms with E-state index in [-0.39, 0.29) is 20.9 Å². The summed E-state index contributed by atoms with van der Waals surface area (Å²) >= 11 is 8.88. The van der Waals surface area contributed by atoms with Gasteiger partial charge in [0, 0.05) is 10.7 Å². The Morgan fingerprint density at radius 3 is 2.53 bits per heavy atom. The van der Waals surface area contributed by atoms with Crippen LogP contribution in [0.3, 0.4) is 0 Å². The molecule has 0 aliphatic heterocycles. The summed E-state index contributed by atoms with van der Waals surface area (Å²) in [5.74, 6) is 0. The van der Waals surface area contributed by atoms with Gasteiger partial charge in [-0.05, 0) is 34.1 Å². The Hall–Kier alpha value is -1.52. The molecule has 0 saturated heterocycles. The molecule has 1 heterocycles. The van der Waals surface area contributed by atoms with Crippen LogP contribution in [0.25, 0.3) is 5.69 Å². The first kappa shape index (κ1) is 13.9. The van der Waals surface area contributed by atoms with Gasteiger partial charge in [-0.3, -0.25) is 0 Å². The first-order valence-electron chi connectivity index (χ1n) is 4.85. The predicted molar refractivity (Wildman–Crippen MR) is 66.0 cm³/mol. The zero-order valence-corrected chi connectivity index (χ0v) is 11.4. The van der Waals surface area contributed by atoms with Crippen molar-refractivity contribution in [3.63, 3.8) is 0 Å². The van der Waals surface area contributed by atoms with E-state index in [9.17, 15) is 13.2 Å². The first-order valence-corrected chi connectivity index (χ1v) is 6.02. The minimum atomic E-state index is -4.48. The summed E-state index contributed by atoms with van der Waals surface area (Å²) in [6, 6.07) is 4.98. The minimum absolute atomic E-state index is 0.116. The molecule has 2 aromatic rings. The van der Waals surface area contributed by atoms with Crippen molar-refractivity contribution < 1.29 is 13.2 Å². The van der Waals surface area contributed by atoms with E-state index in [2.05, 4.69) is 21.0 Å². The number of nitriles is 1. The van der Waals surface area contributed by atoms with Gasteiger partial charge in [-0.2, -0.15) is 23.5 Å². The number of benzene rings is 1. The minimum Gasteiger partial charge on any atom is -0.237 e. The van der Waals surface area contributed by atoms with Crippen LogP contribution in [0.4, 0.5) is 13.2 Å². The molecule has 0 bridgehead atoms. The Bertz CT molecular complexity index is 650. The zero-order chi connectivity index (χ0) is 14.2. The van der Waals surface area contributed by atoms with E-state index in [4.69, 9.17) is 16.9 Å². The fraction of sp³-hybridized carbons (Fsp3) is 0.0909. The molecule has 2 rings (SSSR count). The second kappa shape index (κ2) is 4.87. The van der Waals surface area contributed by atoms with Gasteiger partial charge in [-0.15, -0.1) is 0 Å². The van der Waals surface area contributed by atoms with Crippen molar-refractivity contribution in [2.24, 2.45) is 0 Å². The molecule has 19 heavy (non-hydrogen) atoms. The number of nitrogens with zero attached hydrogens (tertiary/aromatic N) is 3. The van der Waals surface area contributed by atoms with Crippen molar-refractivity contribution >= 4 is 27.5 Å². The number of hydrogen-bond donors (Lipinski definition) is 0. The van der Waals surface area contributed by atoms with E-state index in [0.29, 0.717) is 0 Å². The van der Waals surface area contributed by atoms with Gasteiger partial charge in [0.1, 0.15) is 6.07 Å². The summed E-state index contributed by atoms with van der Waals surface area (Å²) in [6.07, 6.45) is -3.04. The van der Waals surface area contributed by atoms with Crippen LogP contribution < -0.4 is 0 Å². The van der Waals surface area contributed by atoms with Crippen molar-refractivity contribution in [3.05, 3.63) is 45.1 Å². The lowest BCUT2D eigenvalue weighted by molar-refractivity contribution is -0.137. The smallest absolute Gasteiger partial charge is 0.237 e. The number of aromatic nitrogens is 2. The molecule has 0 spiro atoms. The van der Waals surface area contributed by atoms with Crippen LogP contribution in [0, 0.1) is 11.3 Å². The van der Waals surface area contributed by atoms with Gasteiger partial charge in [0.15, 0.2) is 5.69 Å². The third-order valence-corrected chi connectivity index (χ3v) is 3.17. The molecule has 1 aromatic heterocycles. The molecule has 0 atom stereocenters. The third kappa shape index (κ3) is 2.74. The molecule has 8 heteroatoms. The second-order valence-electron chi connectivity index (χ2n) is 3.54. The molecule has 0 aliphatic carbocycles. The molecule has 0 fully saturated rings. The van der Waals surface area contributed by atoms with E-state index in [1.54, 1.807) is 0 Å². The predicted octanol–water partition coefficient (Wildman–Crippen LogP) is 4.18. The number of halogens is 5. The summed E-state index contributed by atoms with van der Waals surface area (Å²) < 4.78 is 39.2. The second-order valence-corrected chi connectivity index (χ2v) is 4.81. The van der Waals surface area contributed by atoms with Crippen LogP contribution in [0.5, 0.6) is 0 Å². The van der Waals surface area contributed by atoms with Crippen LogP contribution in [-0.4, -0.2) is 9.78 Å². The Labute approximate surface area is 119 Å². The van der Waals surface area contributed by atoms with Gasteiger partial charge in [-0.25, -0.2) is 4.68 Å². The molecule has 0 saturated carbocycles. The van der Waals surface area contributed by atoms with Gasteiger partial charge in [0.05, 0.1) is 16.3 Å². The normalized spacial score (nSPS) is 11.4. The van der Waals surface area contributed by atoms with Crippen LogP contribution >= 0.6 is 27.5 Å². The van der Waals surface area contributed by atoms with Gasteiger partial charge in [-0.1, -0.05) is 11.6 Å². The lowest BCUT2D eigenvalue weighted by atomic mass is 10.2. The third-order valence-electron chi connectivity index (χ3n) is 2.28. The molecular weight excluding hydrogens is 346 g/mol. The molecule has 0 aliphatic rings. The standard InChI is InChI=1S/C11H4BrClF3N3/c12-8-3-6(11(14,15)16)4-9(13)10(8)19-2-1-7(5-17)18-19/h1-4H. The Balaban J connectivity index is 2.57. The van der Waals surface area contributed by atoms with Crippen molar-refractivity contribution in [3.8, 4) is 11.8 Å². The summed E-state index contributed by atoms with van der Waals surface area (Å²) in [6.45, 7) is 0. The highest BCUT2D eigenvalue weighted by molar-refractivity contribution is 9.10. The van der Waals surface area contributed by atoms with E-state index in [0.717, 1.165) is 12.1 Å². The molecule has 3 nitrogen and oxygen atoms in total. The maximum absolute atomic E-state index is 12.6. The van der Waals surface area contributed by atoms with Crippen molar-refractivity contribution in [1.29, 1.82) is 5.26 Å². The van der Waals surface area contributed by atoms with Crippen molar-refractivity contribution in [2.75, 3.05) is 0 Å². The van der Waals surface area contributed by atoms with E-state index in [1.807, 2.05) is 6.07 Å². The molecular formula is C11H4BrClF3N3. The van der Waals surface area contributed by atoms with Crippen molar-refractivity contribution in [1.82, 2.24) is 9.78 Å². The summed E-state index contributed by atoms with van der Waals surface area (Å²) in [7, 11) is 0. The largest absolute Gasteiger partial charge is 0.416 e. The van der Waals surface area contributed by atoms with E-state index < -0.39 is 11.7 Å². The monoisotopic (exact) mass is 349 g/mol. The SMILES string of the molecule is N#Cc1ccn(-c2c(Cl)cc(C(F)(F)F)cc2Br)n1. The maximum atomic E-state index is 12.6. The Morgan fingerprint density at radius 1 is 1.37 bits per heavy atom. The fourth-order valence-corrected chi connectivity index (χ4v) is 2.52. The zero-order valence-electron chi connectivity index (χ0n) is 9.04.